The van der Waals surface area contributed by atoms with Crippen LogP contribution >= 0.6 is 0 Å². The van der Waals surface area contributed by atoms with Gasteiger partial charge in [-0.15, -0.1) is 0 Å². The molecule has 2 aliphatic heterocycles. The first-order valence-electron chi connectivity index (χ1n) is 6.91. The fraction of sp³-hybridized carbons (Fsp3) is 1.00. The molecule has 2 aliphatic rings. The lowest BCUT2D eigenvalue weighted by Crippen LogP contribution is -2.52. The van der Waals surface area contributed by atoms with E-state index in [4.69, 9.17) is 0 Å². The van der Waals surface area contributed by atoms with Crippen LogP contribution in [0.4, 0.5) is 0 Å². The average Bonchev–Trinajstić information content (AvgIpc) is 2.75. The van der Waals surface area contributed by atoms with Crippen LogP contribution in [0.1, 0.15) is 39.5 Å². The number of rotatable bonds is 4. The SMILES string of the molecule is CC1CCN(S(=O)(=O)NCC2(C)CCCN2)CC1. The molecule has 0 aliphatic carbocycles. The fourth-order valence-electron chi connectivity index (χ4n) is 2.68. The van der Waals surface area contributed by atoms with Gasteiger partial charge in [-0.25, -0.2) is 4.72 Å². The molecule has 2 fully saturated rings. The molecule has 0 aromatic carbocycles. The Labute approximate surface area is 110 Å². The summed E-state index contributed by atoms with van der Waals surface area (Å²) in [5.41, 5.74) is -0.0733. The van der Waals surface area contributed by atoms with Crippen LogP contribution in [0.2, 0.25) is 0 Å². The highest BCUT2D eigenvalue weighted by Gasteiger charge is 2.32. The van der Waals surface area contributed by atoms with E-state index in [1.807, 2.05) is 0 Å². The Morgan fingerprint density at radius 1 is 1.39 bits per heavy atom. The fourth-order valence-corrected chi connectivity index (χ4v) is 4.05. The summed E-state index contributed by atoms with van der Waals surface area (Å²) in [6, 6.07) is 0. The number of nitrogens with zero attached hydrogens (tertiary/aromatic N) is 1. The molecule has 6 heteroatoms. The summed E-state index contributed by atoms with van der Waals surface area (Å²) in [6.07, 6.45) is 4.10. The molecule has 1 unspecified atom stereocenters. The third-order valence-corrected chi connectivity index (χ3v) is 5.74. The second-order valence-electron chi connectivity index (χ2n) is 6.00. The van der Waals surface area contributed by atoms with Crippen LogP contribution < -0.4 is 10.0 Å². The third kappa shape index (κ3) is 3.44. The van der Waals surface area contributed by atoms with Gasteiger partial charge in [-0.05, 0) is 45.1 Å². The summed E-state index contributed by atoms with van der Waals surface area (Å²) < 4.78 is 28.7. The maximum Gasteiger partial charge on any atom is 0.279 e. The van der Waals surface area contributed by atoms with Crippen molar-refractivity contribution in [1.82, 2.24) is 14.3 Å². The minimum absolute atomic E-state index is 0.0733. The van der Waals surface area contributed by atoms with E-state index >= 15 is 0 Å². The van der Waals surface area contributed by atoms with Gasteiger partial charge in [-0.2, -0.15) is 12.7 Å². The van der Waals surface area contributed by atoms with Crippen LogP contribution in [0.3, 0.4) is 0 Å². The molecule has 5 nitrogen and oxygen atoms in total. The zero-order chi connectivity index (χ0) is 13.2. The minimum Gasteiger partial charge on any atom is -0.310 e. The third-order valence-electron chi connectivity index (χ3n) is 4.18. The molecular formula is C12H25N3O2S. The molecule has 2 heterocycles. The highest BCUT2D eigenvalue weighted by atomic mass is 32.2. The molecule has 2 N–H and O–H groups in total. The standard InChI is InChI=1S/C12H25N3O2S/c1-11-4-8-15(9-5-11)18(16,17)14-10-12(2)6-3-7-13-12/h11,13-14H,3-10H2,1-2H3. The Morgan fingerprint density at radius 2 is 2.06 bits per heavy atom. The van der Waals surface area contributed by atoms with Crippen LogP contribution in [0.25, 0.3) is 0 Å². The van der Waals surface area contributed by atoms with Crippen molar-refractivity contribution in [3.63, 3.8) is 0 Å². The highest BCUT2D eigenvalue weighted by molar-refractivity contribution is 7.87. The summed E-state index contributed by atoms with van der Waals surface area (Å²) in [4.78, 5) is 0. The Balaban J connectivity index is 1.87. The van der Waals surface area contributed by atoms with Gasteiger partial charge in [0.2, 0.25) is 0 Å². The molecule has 0 spiro atoms. The maximum absolute atomic E-state index is 12.2. The van der Waals surface area contributed by atoms with Crippen molar-refractivity contribution in [3.05, 3.63) is 0 Å². The normalized spacial score (nSPS) is 31.9. The molecule has 2 rings (SSSR count). The van der Waals surface area contributed by atoms with Gasteiger partial charge in [-0.1, -0.05) is 6.92 Å². The van der Waals surface area contributed by atoms with Gasteiger partial charge >= 0.3 is 0 Å². The summed E-state index contributed by atoms with van der Waals surface area (Å²) >= 11 is 0. The largest absolute Gasteiger partial charge is 0.310 e. The molecular weight excluding hydrogens is 250 g/mol. The minimum atomic E-state index is -3.29. The Bertz CT molecular complexity index is 369. The monoisotopic (exact) mass is 275 g/mol. The number of piperidine rings is 1. The van der Waals surface area contributed by atoms with E-state index in [1.165, 1.54) is 0 Å². The van der Waals surface area contributed by atoms with Crippen molar-refractivity contribution >= 4 is 10.2 Å². The first-order valence-corrected chi connectivity index (χ1v) is 8.35. The average molecular weight is 275 g/mol. The number of hydrogen-bond acceptors (Lipinski definition) is 3. The quantitative estimate of drug-likeness (QED) is 0.794. The van der Waals surface area contributed by atoms with E-state index in [2.05, 4.69) is 23.9 Å². The predicted octanol–water partition coefficient (Wildman–Crippen LogP) is 0.695. The predicted molar refractivity (Wildman–Crippen MR) is 72.5 cm³/mol. The molecule has 0 amide bonds. The molecule has 18 heavy (non-hydrogen) atoms. The number of nitrogens with one attached hydrogen (secondary N) is 2. The van der Waals surface area contributed by atoms with E-state index in [0.717, 1.165) is 32.2 Å². The van der Waals surface area contributed by atoms with Crippen LogP contribution in [-0.2, 0) is 10.2 Å². The number of hydrogen-bond donors (Lipinski definition) is 2. The molecule has 0 radical (unpaired) electrons. The molecule has 0 bridgehead atoms. The van der Waals surface area contributed by atoms with Gasteiger partial charge in [0.15, 0.2) is 0 Å². The van der Waals surface area contributed by atoms with Gasteiger partial charge in [0.25, 0.3) is 10.2 Å². The van der Waals surface area contributed by atoms with E-state index in [0.29, 0.717) is 25.6 Å². The highest BCUT2D eigenvalue weighted by Crippen LogP contribution is 2.20. The molecule has 0 aromatic heterocycles. The van der Waals surface area contributed by atoms with E-state index in [-0.39, 0.29) is 5.54 Å². The lowest BCUT2D eigenvalue weighted by Gasteiger charge is -2.31. The smallest absolute Gasteiger partial charge is 0.279 e. The topological polar surface area (TPSA) is 61.4 Å². The van der Waals surface area contributed by atoms with Crippen LogP contribution in [0.5, 0.6) is 0 Å². The van der Waals surface area contributed by atoms with Gasteiger partial charge < -0.3 is 5.32 Å². The lowest BCUT2D eigenvalue weighted by molar-refractivity contribution is 0.282. The summed E-state index contributed by atoms with van der Waals surface area (Å²) in [7, 11) is -3.29. The van der Waals surface area contributed by atoms with Gasteiger partial charge in [0.05, 0.1) is 0 Å². The van der Waals surface area contributed by atoms with Crippen molar-refractivity contribution in [3.8, 4) is 0 Å². The van der Waals surface area contributed by atoms with Gasteiger partial charge in [0.1, 0.15) is 0 Å². The van der Waals surface area contributed by atoms with E-state index < -0.39 is 10.2 Å². The van der Waals surface area contributed by atoms with Crippen molar-refractivity contribution in [2.24, 2.45) is 5.92 Å². The Hall–Kier alpha value is -0.170. The lowest BCUT2D eigenvalue weighted by atomic mass is 10.0. The molecule has 106 valence electrons. The first kappa shape index (κ1) is 14.2. The molecule has 2 saturated heterocycles. The van der Waals surface area contributed by atoms with Crippen LogP contribution in [0, 0.1) is 5.92 Å². The second kappa shape index (κ2) is 5.45. The second-order valence-corrected chi connectivity index (χ2v) is 7.75. The zero-order valence-electron chi connectivity index (χ0n) is 11.4. The summed E-state index contributed by atoms with van der Waals surface area (Å²) in [5.74, 6) is 0.644. The summed E-state index contributed by atoms with van der Waals surface area (Å²) in [6.45, 7) is 7.05. The molecule has 0 saturated carbocycles. The van der Waals surface area contributed by atoms with Crippen LogP contribution in [-0.4, -0.2) is 44.4 Å². The Kier molecular flexibility index (Phi) is 4.31. The molecule has 1 atom stereocenters. The zero-order valence-corrected chi connectivity index (χ0v) is 12.2. The first-order chi connectivity index (χ1) is 8.41. The van der Waals surface area contributed by atoms with Crippen LogP contribution in [0.15, 0.2) is 0 Å². The maximum atomic E-state index is 12.2. The van der Waals surface area contributed by atoms with Crippen molar-refractivity contribution in [1.29, 1.82) is 0 Å². The van der Waals surface area contributed by atoms with E-state index in [1.54, 1.807) is 4.31 Å². The van der Waals surface area contributed by atoms with Crippen molar-refractivity contribution in [2.45, 2.75) is 45.1 Å². The van der Waals surface area contributed by atoms with Crippen molar-refractivity contribution in [2.75, 3.05) is 26.2 Å². The van der Waals surface area contributed by atoms with Gasteiger partial charge in [-0.3, -0.25) is 0 Å². The van der Waals surface area contributed by atoms with Crippen molar-refractivity contribution < 1.29 is 8.42 Å². The Morgan fingerprint density at radius 3 is 2.61 bits per heavy atom. The van der Waals surface area contributed by atoms with Gasteiger partial charge in [0, 0.05) is 25.2 Å². The molecule has 0 aromatic rings. The summed E-state index contributed by atoms with van der Waals surface area (Å²) in [5, 5.41) is 3.37. The van der Waals surface area contributed by atoms with E-state index in [9.17, 15) is 8.42 Å².